The fraction of sp³-hybridized carbons (Fsp3) is 0.562. The second kappa shape index (κ2) is 7.63. The van der Waals surface area contributed by atoms with Gasteiger partial charge in [-0.2, -0.15) is 0 Å². The van der Waals surface area contributed by atoms with E-state index >= 15 is 0 Å². The Hall–Kier alpha value is -1.56. The molecule has 0 radical (unpaired) electrons. The molecular weight excluding hydrogens is 300 g/mol. The molecule has 5 nitrogen and oxygen atoms in total. The number of carbonyl (C=O) groups excluding carboxylic acids is 1. The number of urea groups is 1. The second-order valence-corrected chi connectivity index (χ2v) is 7.89. The Morgan fingerprint density at radius 1 is 1.32 bits per heavy atom. The first-order valence-electron chi connectivity index (χ1n) is 7.80. The smallest absolute Gasteiger partial charge is 0.317 e. The van der Waals surface area contributed by atoms with Crippen molar-refractivity contribution in [1.29, 1.82) is 0 Å². The summed E-state index contributed by atoms with van der Waals surface area (Å²) >= 11 is 0. The van der Waals surface area contributed by atoms with Gasteiger partial charge in [-0.3, -0.25) is 0 Å². The molecule has 1 fully saturated rings. The summed E-state index contributed by atoms with van der Waals surface area (Å²) in [7, 11) is -2.97. The second-order valence-electron chi connectivity index (χ2n) is 5.66. The van der Waals surface area contributed by atoms with Gasteiger partial charge in [0.2, 0.25) is 0 Å². The molecule has 1 aromatic carbocycles. The first kappa shape index (κ1) is 16.8. The lowest BCUT2D eigenvalue weighted by Crippen LogP contribution is -2.46. The number of benzene rings is 1. The summed E-state index contributed by atoms with van der Waals surface area (Å²) in [4.78, 5) is 13.8. The standard InChI is InChI=1S/C16H24N2O3S/c1-2-18(15-10-12-22(20,21)13-15)16(19)17-11-6-9-14-7-4-3-5-8-14/h3-5,7-8,15H,2,6,9-13H2,1H3,(H,17,19). The molecule has 6 heteroatoms. The minimum absolute atomic E-state index is 0.0955. The molecule has 0 spiro atoms. The average Bonchev–Trinajstić information content (AvgIpc) is 2.85. The Balaban J connectivity index is 1.75. The predicted octanol–water partition coefficient (Wildman–Crippen LogP) is 1.84. The number of hydrogen-bond acceptors (Lipinski definition) is 3. The summed E-state index contributed by atoms with van der Waals surface area (Å²) in [5.74, 6) is 0.285. The summed E-state index contributed by atoms with van der Waals surface area (Å²) in [6.45, 7) is 3.02. The van der Waals surface area contributed by atoms with Gasteiger partial charge in [0.25, 0.3) is 0 Å². The van der Waals surface area contributed by atoms with Crippen LogP contribution in [0.25, 0.3) is 0 Å². The van der Waals surface area contributed by atoms with E-state index in [1.807, 2.05) is 25.1 Å². The highest BCUT2D eigenvalue weighted by atomic mass is 32.2. The third-order valence-electron chi connectivity index (χ3n) is 4.01. The molecule has 0 saturated carbocycles. The van der Waals surface area contributed by atoms with Crippen LogP contribution in [0.1, 0.15) is 25.3 Å². The molecule has 1 aliphatic heterocycles. The number of sulfone groups is 1. The summed E-state index contributed by atoms with van der Waals surface area (Å²) < 4.78 is 23.1. The monoisotopic (exact) mass is 324 g/mol. The normalized spacial score (nSPS) is 19.8. The van der Waals surface area contributed by atoms with Crippen LogP contribution in [0.4, 0.5) is 4.79 Å². The molecule has 2 rings (SSSR count). The largest absolute Gasteiger partial charge is 0.338 e. The summed E-state index contributed by atoms with van der Waals surface area (Å²) in [6, 6.07) is 9.81. The van der Waals surface area contributed by atoms with E-state index in [1.54, 1.807) is 4.90 Å². The Morgan fingerprint density at radius 2 is 2.05 bits per heavy atom. The lowest BCUT2D eigenvalue weighted by atomic mass is 10.1. The van der Waals surface area contributed by atoms with E-state index < -0.39 is 9.84 Å². The van der Waals surface area contributed by atoms with Gasteiger partial charge in [0.05, 0.1) is 11.5 Å². The van der Waals surface area contributed by atoms with Crippen LogP contribution < -0.4 is 5.32 Å². The van der Waals surface area contributed by atoms with Gasteiger partial charge >= 0.3 is 6.03 Å². The number of rotatable bonds is 6. The van der Waals surface area contributed by atoms with Gasteiger partial charge in [0.1, 0.15) is 0 Å². The van der Waals surface area contributed by atoms with Crippen molar-refractivity contribution in [3.05, 3.63) is 35.9 Å². The van der Waals surface area contributed by atoms with Gasteiger partial charge in [-0.25, -0.2) is 13.2 Å². The number of amides is 2. The molecule has 1 unspecified atom stereocenters. The average molecular weight is 324 g/mol. The number of hydrogen-bond donors (Lipinski definition) is 1. The van der Waals surface area contributed by atoms with Crippen LogP contribution in [-0.4, -0.2) is 50.0 Å². The quantitative estimate of drug-likeness (QED) is 0.812. The van der Waals surface area contributed by atoms with E-state index in [4.69, 9.17) is 0 Å². The van der Waals surface area contributed by atoms with Crippen molar-refractivity contribution >= 4 is 15.9 Å². The molecule has 1 atom stereocenters. The molecule has 22 heavy (non-hydrogen) atoms. The van der Waals surface area contributed by atoms with Crippen LogP contribution in [0.5, 0.6) is 0 Å². The van der Waals surface area contributed by atoms with Crippen molar-refractivity contribution in [3.63, 3.8) is 0 Å². The number of carbonyl (C=O) groups is 1. The Labute approximate surface area is 132 Å². The van der Waals surface area contributed by atoms with Gasteiger partial charge in [-0.15, -0.1) is 0 Å². The van der Waals surface area contributed by atoms with E-state index in [-0.39, 0.29) is 23.6 Å². The SMILES string of the molecule is CCN(C(=O)NCCCc1ccccc1)C1CCS(=O)(=O)C1. The van der Waals surface area contributed by atoms with E-state index in [1.165, 1.54) is 5.56 Å². The Bertz CT molecular complexity index is 587. The molecular formula is C16H24N2O3S. The fourth-order valence-electron chi connectivity index (χ4n) is 2.82. The van der Waals surface area contributed by atoms with Crippen molar-refractivity contribution in [2.45, 2.75) is 32.2 Å². The maximum Gasteiger partial charge on any atom is 0.317 e. The molecule has 0 aromatic heterocycles. The molecule has 1 aliphatic rings. The van der Waals surface area contributed by atoms with Gasteiger partial charge in [0.15, 0.2) is 9.84 Å². The van der Waals surface area contributed by atoms with E-state index in [0.29, 0.717) is 19.5 Å². The molecule has 1 saturated heterocycles. The van der Waals surface area contributed by atoms with E-state index in [2.05, 4.69) is 17.4 Å². The number of nitrogens with zero attached hydrogens (tertiary/aromatic N) is 1. The zero-order chi connectivity index (χ0) is 16.0. The topological polar surface area (TPSA) is 66.5 Å². The van der Waals surface area contributed by atoms with Crippen LogP contribution >= 0.6 is 0 Å². The molecule has 1 aromatic rings. The maximum absolute atomic E-state index is 12.2. The van der Waals surface area contributed by atoms with Gasteiger partial charge < -0.3 is 10.2 Å². The van der Waals surface area contributed by atoms with Gasteiger partial charge in [-0.05, 0) is 31.7 Å². The molecule has 1 N–H and O–H groups in total. The Morgan fingerprint density at radius 3 is 2.64 bits per heavy atom. The third kappa shape index (κ3) is 4.73. The third-order valence-corrected chi connectivity index (χ3v) is 5.76. The van der Waals surface area contributed by atoms with Crippen molar-refractivity contribution < 1.29 is 13.2 Å². The summed E-state index contributed by atoms with van der Waals surface area (Å²) in [5.41, 5.74) is 1.26. The van der Waals surface area contributed by atoms with Crippen molar-refractivity contribution in [2.75, 3.05) is 24.6 Å². The summed E-state index contributed by atoms with van der Waals surface area (Å²) in [6.07, 6.45) is 2.34. The molecule has 0 aliphatic carbocycles. The molecule has 122 valence electrons. The minimum Gasteiger partial charge on any atom is -0.338 e. The zero-order valence-electron chi connectivity index (χ0n) is 13.0. The lowest BCUT2D eigenvalue weighted by molar-refractivity contribution is 0.184. The predicted molar refractivity (Wildman–Crippen MR) is 87.6 cm³/mol. The van der Waals surface area contributed by atoms with Crippen molar-refractivity contribution in [1.82, 2.24) is 10.2 Å². The lowest BCUT2D eigenvalue weighted by Gasteiger charge is -2.27. The van der Waals surface area contributed by atoms with E-state index in [9.17, 15) is 13.2 Å². The van der Waals surface area contributed by atoms with Crippen LogP contribution in [0, 0.1) is 0 Å². The highest BCUT2D eigenvalue weighted by molar-refractivity contribution is 7.91. The molecule has 0 bridgehead atoms. The van der Waals surface area contributed by atoms with Gasteiger partial charge in [0, 0.05) is 19.1 Å². The first-order valence-corrected chi connectivity index (χ1v) is 9.63. The van der Waals surface area contributed by atoms with E-state index in [0.717, 1.165) is 12.8 Å². The number of aryl methyl sites for hydroxylation is 1. The maximum atomic E-state index is 12.2. The molecule has 1 heterocycles. The number of nitrogens with one attached hydrogen (secondary N) is 1. The Kier molecular flexibility index (Phi) is 5.83. The van der Waals surface area contributed by atoms with Crippen LogP contribution in [0.2, 0.25) is 0 Å². The molecule has 2 amide bonds. The van der Waals surface area contributed by atoms with Crippen LogP contribution in [-0.2, 0) is 16.3 Å². The zero-order valence-corrected chi connectivity index (χ0v) is 13.8. The first-order chi connectivity index (χ1) is 10.5. The van der Waals surface area contributed by atoms with Crippen LogP contribution in [0.3, 0.4) is 0 Å². The fourth-order valence-corrected chi connectivity index (χ4v) is 4.55. The highest BCUT2D eigenvalue weighted by Gasteiger charge is 2.33. The highest BCUT2D eigenvalue weighted by Crippen LogP contribution is 2.17. The van der Waals surface area contributed by atoms with Crippen molar-refractivity contribution in [3.8, 4) is 0 Å². The summed E-state index contributed by atoms with van der Waals surface area (Å²) in [5, 5.41) is 2.90. The van der Waals surface area contributed by atoms with Crippen molar-refractivity contribution in [2.24, 2.45) is 0 Å². The van der Waals surface area contributed by atoms with Gasteiger partial charge in [-0.1, -0.05) is 30.3 Å². The van der Waals surface area contributed by atoms with Crippen LogP contribution in [0.15, 0.2) is 30.3 Å². The minimum atomic E-state index is -2.97.